The molecule has 0 saturated carbocycles. The van der Waals surface area contributed by atoms with Gasteiger partial charge < -0.3 is 19.4 Å². The van der Waals surface area contributed by atoms with E-state index in [0.29, 0.717) is 5.56 Å². The normalized spacial score (nSPS) is 10.8. The fourth-order valence-corrected chi connectivity index (χ4v) is 2.32. The summed E-state index contributed by atoms with van der Waals surface area (Å²) in [5, 5.41) is 19.5. The van der Waals surface area contributed by atoms with Crippen LogP contribution >= 0.6 is 0 Å². The molecule has 2 N–H and O–H groups in total. The molecule has 2 aromatic carbocycles. The summed E-state index contributed by atoms with van der Waals surface area (Å²) < 4.78 is 11.2. The Morgan fingerprint density at radius 3 is 2.55 bits per heavy atom. The minimum Gasteiger partial charge on any atom is -0.508 e. The molecule has 0 aliphatic carbocycles. The van der Waals surface area contributed by atoms with Gasteiger partial charge in [0.15, 0.2) is 5.76 Å². The van der Waals surface area contributed by atoms with Crippen LogP contribution in [0.3, 0.4) is 0 Å². The molecule has 0 spiro atoms. The fourth-order valence-electron chi connectivity index (χ4n) is 2.32. The number of hydrogen-bond acceptors (Lipinski definition) is 5. The highest BCUT2D eigenvalue weighted by Crippen LogP contribution is 2.35. The molecule has 0 bridgehead atoms. The Morgan fingerprint density at radius 2 is 1.86 bits per heavy atom. The maximum absolute atomic E-state index is 12.6. The Balaban J connectivity index is 2.41. The lowest BCUT2D eigenvalue weighted by atomic mass is 10.1. The van der Waals surface area contributed by atoms with Gasteiger partial charge in [-0.3, -0.25) is 4.79 Å². The smallest absolute Gasteiger partial charge is 0.239 e. The molecule has 112 valence electrons. The molecule has 5 heteroatoms. The van der Waals surface area contributed by atoms with Crippen molar-refractivity contribution in [3.63, 3.8) is 0 Å². The molecule has 0 amide bonds. The summed E-state index contributed by atoms with van der Waals surface area (Å²) in [6.07, 6.45) is 0. The van der Waals surface area contributed by atoms with Crippen molar-refractivity contribution in [1.82, 2.24) is 0 Å². The molecule has 5 nitrogen and oxygen atoms in total. The number of fused-ring (bicyclic) bond motifs is 1. The van der Waals surface area contributed by atoms with Crippen molar-refractivity contribution in [3.8, 4) is 28.6 Å². The second kappa shape index (κ2) is 5.44. The molecule has 0 unspecified atom stereocenters. The van der Waals surface area contributed by atoms with E-state index in [1.54, 1.807) is 19.1 Å². The van der Waals surface area contributed by atoms with Crippen LogP contribution in [-0.2, 0) is 0 Å². The summed E-state index contributed by atoms with van der Waals surface area (Å²) in [6.45, 7) is 2.05. The lowest BCUT2D eigenvalue weighted by molar-refractivity contribution is 0.330. The Kier molecular flexibility index (Phi) is 3.47. The highest BCUT2D eigenvalue weighted by Gasteiger charge is 2.20. The second-order valence-electron chi connectivity index (χ2n) is 4.73. The third kappa shape index (κ3) is 2.26. The van der Waals surface area contributed by atoms with Gasteiger partial charge >= 0.3 is 0 Å². The number of phenolic OH excluding ortho intramolecular Hbond substituents is 2. The van der Waals surface area contributed by atoms with Crippen LogP contribution in [0, 0.1) is 0 Å². The van der Waals surface area contributed by atoms with E-state index < -0.39 is 5.43 Å². The first-order chi connectivity index (χ1) is 10.6. The number of rotatable bonds is 3. The van der Waals surface area contributed by atoms with Crippen molar-refractivity contribution < 1.29 is 19.4 Å². The minimum absolute atomic E-state index is 0.0130. The zero-order valence-electron chi connectivity index (χ0n) is 11.9. The molecule has 3 rings (SSSR count). The van der Waals surface area contributed by atoms with E-state index in [-0.39, 0.29) is 40.6 Å². The van der Waals surface area contributed by atoms with Crippen LogP contribution in [0.1, 0.15) is 6.92 Å². The van der Waals surface area contributed by atoms with Crippen molar-refractivity contribution in [3.05, 3.63) is 52.7 Å². The topological polar surface area (TPSA) is 79.9 Å². The Labute approximate surface area is 126 Å². The largest absolute Gasteiger partial charge is 0.508 e. The Hall–Kier alpha value is -2.95. The highest BCUT2D eigenvalue weighted by atomic mass is 16.5. The number of phenols is 2. The predicted molar refractivity (Wildman–Crippen MR) is 82.4 cm³/mol. The van der Waals surface area contributed by atoms with Gasteiger partial charge in [-0.25, -0.2) is 0 Å². The maximum atomic E-state index is 12.6. The molecular weight excluding hydrogens is 284 g/mol. The summed E-state index contributed by atoms with van der Waals surface area (Å²) in [5.74, 6) is -0.215. The maximum Gasteiger partial charge on any atom is 0.239 e. The van der Waals surface area contributed by atoms with Crippen LogP contribution in [0.4, 0.5) is 0 Å². The van der Waals surface area contributed by atoms with Gasteiger partial charge in [-0.05, 0) is 6.92 Å². The van der Waals surface area contributed by atoms with E-state index in [0.717, 1.165) is 6.07 Å². The molecule has 0 aliphatic rings. The van der Waals surface area contributed by atoms with E-state index in [1.165, 1.54) is 6.07 Å². The van der Waals surface area contributed by atoms with Gasteiger partial charge in [0.2, 0.25) is 11.2 Å². The average molecular weight is 298 g/mol. The second-order valence-corrected chi connectivity index (χ2v) is 4.73. The van der Waals surface area contributed by atoms with Crippen molar-refractivity contribution in [2.45, 2.75) is 6.92 Å². The number of benzene rings is 2. The quantitative estimate of drug-likeness (QED) is 0.775. The van der Waals surface area contributed by atoms with Gasteiger partial charge in [-0.2, -0.15) is 0 Å². The molecule has 0 saturated heterocycles. The molecule has 3 aromatic rings. The van der Waals surface area contributed by atoms with Gasteiger partial charge in [0.25, 0.3) is 0 Å². The lowest BCUT2D eigenvalue weighted by Crippen LogP contribution is -2.10. The number of aromatic hydroxyl groups is 2. The van der Waals surface area contributed by atoms with Crippen molar-refractivity contribution >= 4 is 11.0 Å². The Bertz CT molecular complexity index is 881. The summed E-state index contributed by atoms with van der Waals surface area (Å²) in [6, 6.07) is 11.4. The predicted octanol–water partition coefficient (Wildman–Crippen LogP) is 3.27. The fraction of sp³-hybridized carbons (Fsp3) is 0.118. The van der Waals surface area contributed by atoms with Crippen LogP contribution in [0.15, 0.2) is 51.7 Å². The van der Waals surface area contributed by atoms with E-state index in [2.05, 4.69) is 0 Å². The molecule has 0 radical (unpaired) electrons. The third-order valence-electron chi connectivity index (χ3n) is 3.24. The molecule has 0 aliphatic heterocycles. The van der Waals surface area contributed by atoms with Crippen LogP contribution in [0.5, 0.6) is 17.2 Å². The van der Waals surface area contributed by atoms with E-state index in [4.69, 9.17) is 9.15 Å². The van der Waals surface area contributed by atoms with Gasteiger partial charge in [0.1, 0.15) is 22.5 Å². The van der Waals surface area contributed by atoms with Crippen LogP contribution in [0.2, 0.25) is 0 Å². The van der Waals surface area contributed by atoms with Crippen LogP contribution in [-0.4, -0.2) is 16.8 Å². The summed E-state index contributed by atoms with van der Waals surface area (Å²) >= 11 is 0. The monoisotopic (exact) mass is 298 g/mol. The third-order valence-corrected chi connectivity index (χ3v) is 3.24. The van der Waals surface area contributed by atoms with Gasteiger partial charge in [0, 0.05) is 17.7 Å². The van der Waals surface area contributed by atoms with Gasteiger partial charge in [-0.15, -0.1) is 0 Å². The lowest BCUT2D eigenvalue weighted by Gasteiger charge is -2.11. The van der Waals surface area contributed by atoms with E-state index in [1.807, 2.05) is 18.2 Å². The standard InChI is InChI=1S/C17H14O5/c1-2-21-17-15(20)14-12(19)8-11(18)9-13(14)22-16(17)10-6-4-3-5-7-10/h3-9,18-19H,2H2,1H3. The van der Waals surface area contributed by atoms with E-state index >= 15 is 0 Å². The first kappa shape index (κ1) is 14.0. The molecule has 22 heavy (non-hydrogen) atoms. The molecule has 0 atom stereocenters. The first-order valence-corrected chi connectivity index (χ1v) is 6.82. The van der Waals surface area contributed by atoms with E-state index in [9.17, 15) is 15.0 Å². The zero-order chi connectivity index (χ0) is 15.7. The summed E-state index contributed by atoms with van der Waals surface area (Å²) in [7, 11) is 0. The van der Waals surface area contributed by atoms with Crippen LogP contribution in [0.25, 0.3) is 22.3 Å². The number of hydrogen-bond donors (Lipinski definition) is 2. The van der Waals surface area contributed by atoms with Crippen LogP contribution < -0.4 is 10.2 Å². The Morgan fingerprint density at radius 1 is 1.14 bits per heavy atom. The molecule has 1 aromatic heterocycles. The summed E-state index contributed by atoms with van der Waals surface area (Å²) in [4.78, 5) is 12.6. The van der Waals surface area contributed by atoms with Crippen molar-refractivity contribution in [2.75, 3.05) is 6.61 Å². The molecule has 0 fully saturated rings. The minimum atomic E-state index is -0.473. The average Bonchev–Trinajstić information content (AvgIpc) is 2.50. The van der Waals surface area contributed by atoms with Crippen molar-refractivity contribution in [2.24, 2.45) is 0 Å². The van der Waals surface area contributed by atoms with Gasteiger partial charge in [-0.1, -0.05) is 30.3 Å². The zero-order valence-corrected chi connectivity index (χ0v) is 11.9. The van der Waals surface area contributed by atoms with Crippen molar-refractivity contribution in [1.29, 1.82) is 0 Å². The first-order valence-electron chi connectivity index (χ1n) is 6.82. The molecular formula is C17H14O5. The van der Waals surface area contributed by atoms with Gasteiger partial charge in [0.05, 0.1) is 6.61 Å². The summed E-state index contributed by atoms with van der Waals surface area (Å²) in [5.41, 5.74) is 0.303. The number of ether oxygens (including phenoxy) is 1. The highest BCUT2D eigenvalue weighted by molar-refractivity contribution is 5.88. The SMILES string of the molecule is CCOc1c(-c2ccccc2)oc2cc(O)cc(O)c2c1=O. The molecule has 1 heterocycles.